The molecule has 0 bridgehead atoms. The summed E-state index contributed by atoms with van der Waals surface area (Å²) in [4.78, 5) is 23.0. The molecule has 4 aromatic rings. The van der Waals surface area contributed by atoms with Crippen molar-refractivity contribution in [2.75, 3.05) is 18.8 Å². The van der Waals surface area contributed by atoms with Crippen LogP contribution in [0.5, 0.6) is 11.5 Å². The molecule has 2 aromatic heterocycles. The van der Waals surface area contributed by atoms with Gasteiger partial charge in [-0.15, -0.1) is 0 Å². The van der Waals surface area contributed by atoms with E-state index >= 15 is 0 Å². The lowest BCUT2D eigenvalue weighted by atomic mass is 10.0. The number of rotatable bonds is 7. The molecule has 3 heterocycles. The van der Waals surface area contributed by atoms with Gasteiger partial charge in [-0.3, -0.25) is 4.79 Å². The average Bonchev–Trinajstić information content (AvgIpc) is 2.95. The number of nitrogen functional groups attached to an aromatic ring is 1. The van der Waals surface area contributed by atoms with E-state index in [0.717, 1.165) is 17.2 Å². The van der Waals surface area contributed by atoms with Gasteiger partial charge in [0.2, 0.25) is 0 Å². The molecule has 0 aliphatic carbocycles. The van der Waals surface area contributed by atoms with Crippen LogP contribution in [0.2, 0.25) is 0 Å². The molecule has 1 amide bonds. The number of halogens is 3. The van der Waals surface area contributed by atoms with Gasteiger partial charge in [0.25, 0.3) is 5.91 Å². The van der Waals surface area contributed by atoms with Crippen LogP contribution in [0, 0.1) is 0 Å². The number of pyridine rings is 2. The number of ether oxygens (including phenoxy) is 2. The van der Waals surface area contributed by atoms with Crippen molar-refractivity contribution in [3.63, 3.8) is 0 Å². The first-order chi connectivity index (χ1) is 20.4. The number of anilines is 1. The van der Waals surface area contributed by atoms with E-state index in [9.17, 15) is 18.0 Å². The summed E-state index contributed by atoms with van der Waals surface area (Å²) in [5.41, 5.74) is 8.14. The third kappa shape index (κ3) is 6.99. The molecule has 226 valence electrons. The summed E-state index contributed by atoms with van der Waals surface area (Å²) < 4.78 is 51.9. The molecule has 43 heavy (non-hydrogen) atoms. The standard InChI is InChI=1S/C32H34F3N5O3/c1-18(2)43-27-13-29(32(33,34)35)39-26-10-5-21(11-25(26)27)17-42-28-12-24(14-37-30(28)36)22-6-8-23(9-7-22)31(41)40-15-19(3)38-20(4)16-40/h5-14,18-20,38H,15-17H2,1-4H3,(H2,36,37). The number of hydrogen-bond donors (Lipinski definition) is 2. The van der Waals surface area contributed by atoms with Crippen LogP contribution in [0.3, 0.4) is 0 Å². The van der Waals surface area contributed by atoms with Gasteiger partial charge in [-0.2, -0.15) is 13.2 Å². The molecule has 0 spiro atoms. The normalized spacial score (nSPS) is 17.3. The molecule has 1 aliphatic rings. The molecule has 5 rings (SSSR count). The number of alkyl halides is 3. The van der Waals surface area contributed by atoms with E-state index in [-0.39, 0.29) is 47.8 Å². The highest BCUT2D eigenvalue weighted by molar-refractivity contribution is 5.95. The summed E-state index contributed by atoms with van der Waals surface area (Å²) in [7, 11) is 0. The number of hydrogen-bond acceptors (Lipinski definition) is 7. The Hall–Kier alpha value is -4.38. The minimum atomic E-state index is -4.60. The van der Waals surface area contributed by atoms with Gasteiger partial charge >= 0.3 is 6.18 Å². The monoisotopic (exact) mass is 593 g/mol. The van der Waals surface area contributed by atoms with Gasteiger partial charge in [0.15, 0.2) is 11.6 Å². The van der Waals surface area contributed by atoms with Crippen LogP contribution in [0.25, 0.3) is 22.0 Å². The zero-order chi connectivity index (χ0) is 30.9. The molecule has 1 aliphatic heterocycles. The molecule has 2 aromatic carbocycles. The number of fused-ring (bicyclic) bond motifs is 1. The summed E-state index contributed by atoms with van der Waals surface area (Å²) in [5, 5.41) is 3.88. The van der Waals surface area contributed by atoms with E-state index in [2.05, 4.69) is 29.1 Å². The molecule has 8 nitrogen and oxygen atoms in total. The van der Waals surface area contributed by atoms with Gasteiger partial charge in [0, 0.05) is 53.9 Å². The Balaban J connectivity index is 1.33. The maximum atomic E-state index is 13.4. The van der Waals surface area contributed by atoms with Gasteiger partial charge in [-0.25, -0.2) is 9.97 Å². The zero-order valence-corrected chi connectivity index (χ0v) is 24.4. The lowest BCUT2D eigenvalue weighted by Gasteiger charge is -2.36. The molecule has 0 saturated carbocycles. The fourth-order valence-electron chi connectivity index (χ4n) is 5.20. The van der Waals surface area contributed by atoms with Crippen LogP contribution in [0.1, 0.15) is 49.3 Å². The van der Waals surface area contributed by atoms with Crippen molar-refractivity contribution >= 4 is 22.6 Å². The lowest BCUT2D eigenvalue weighted by Crippen LogP contribution is -2.55. The first-order valence-electron chi connectivity index (χ1n) is 14.1. The van der Waals surface area contributed by atoms with Crippen LogP contribution in [-0.2, 0) is 12.8 Å². The lowest BCUT2D eigenvalue weighted by molar-refractivity contribution is -0.141. The smallest absolute Gasteiger partial charge is 0.433 e. The summed E-state index contributed by atoms with van der Waals surface area (Å²) in [6.07, 6.45) is -3.30. The third-order valence-corrected chi connectivity index (χ3v) is 7.07. The second-order valence-corrected chi connectivity index (χ2v) is 11.2. The van der Waals surface area contributed by atoms with Crippen LogP contribution in [-0.4, -0.2) is 52.1 Å². The maximum absolute atomic E-state index is 13.4. The Morgan fingerprint density at radius 2 is 1.72 bits per heavy atom. The summed E-state index contributed by atoms with van der Waals surface area (Å²) in [5.74, 6) is 0.637. The first kappa shape index (κ1) is 30.1. The molecule has 0 radical (unpaired) electrons. The number of carbonyl (C=O) groups is 1. The van der Waals surface area contributed by atoms with E-state index in [1.54, 1.807) is 50.4 Å². The van der Waals surface area contributed by atoms with Gasteiger partial charge < -0.3 is 25.4 Å². The van der Waals surface area contributed by atoms with Crippen LogP contribution in [0.15, 0.2) is 60.8 Å². The highest BCUT2D eigenvalue weighted by Gasteiger charge is 2.34. The van der Waals surface area contributed by atoms with Crippen molar-refractivity contribution < 1.29 is 27.4 Å². The molecular formula is C32H34F3N5O3. The Morgan fingerprint density at radius 1 is 1.02 bits per heavy atom. The van der Waals surface area contributed by atoms with Crippen molar-refractivity contribution in [1.82, 2.24) is 20.2 Å². The van der Waals surface area contributed by atoms with E-state index < -0.39 is 11.9 Å². The van der Waals surface area contributed by atoms with Crippen molar-refractivity contribution in [2.45, 2.75) is 58.7 Å². The molecule has 2 unspecified atom stereocenters. The number of benzene rings is 2. The maximum Gasteiger partial charge on any atom is 0.433 e. The van der Waals surface area contributed by atoms with Crippen LogP contribution >= 0.6 is 0 Å². The minimum Gasteiger partial charge on any atom is -0.490 e. The van der Waals surface area contributed by atoms with E-state index in [1.165, 1.54) is 6.07 Å². The Labute approximate surface area is 248 Å². The molecule has 2 atom stereocenters. The largest absolute Gasteiger partial charge is 0.490 e. The summed E-state index contributed by atoms with van der Waals surface area (Å²) in [6, 6.07) is 15.3. The third-order valence-electron chi connectivity index (χ3n) is 7.07. The van der Waals surface area contributed by atoms with Crippen LogP contribution < -0.4 is 20.5 Å². The van der Waals surface area contributed by atoms with Crippen molar-refractivity contribution in [1.29, 1.82) is 0 Å². The SMILES string of the molecule is CC1CN(C(=O)c2ccc(-c3cnc(N)c(OCc4ccc5nc(C(F)(F)F)cc(OC(C)C)c5c4)c3)cc2)CC(C)N1. The average molecular weight is 594 g/mol. The van der Waals surface area contributed by atoms with E-state index in [0.29, 0.717) is 35.4 Å². The summed E-state index contributed by atoms with van der Waals surface area (Å²) >= 11 is 0. The van der Waals surface area contributed by atoms with Crippen molar-refractivity contribution in [2.24, 2.45) is 0 Å². The number of carbonyl (C=O) groups excluding carboxylic acids is 1. The fourth-order valence-corrected chi connectivity index (χ4v) is 5.20. The molecule has 3 N–H and O–H groups in total. The van der Waals surface area contributed by atoms with Crippen molar-refractivity contribution in [3.8, 4) is 22.6 Å². The molecule has 1 saturated heterocycles. The number of nitrogens with zero attached hydrogens (tertiary/aromatic N) is 3. The van der Waals surface area contributed by atoms with E-state index in [4.69, 9.17) is 15.2 Å². The number of nitrogens with two attached hydrogens (primary N) is 1. The van der Waals surface area contributed by atoms with Gasteiger partial charge in [0.1, 0.15) is 18.1 Å². The molecule has 1 fully saturated rings. The van der Waals surface area contributed by atoms with E-state index in [1.807, 2.05) is 17.0 Å². The quantitative estimate of drug-likeness (QED) is 0.268. The van der Waals surface area contributed by atoms with Gasteiger partial charge in [-0.1, -0.05) is 18.2 Å². The summed E-state index contributed by atoms with van der Waals surface area (Å²) in [6.45, 7) is 9.01. The highest BCUT2D eigenvalue weighted by Crippen LogP contribution is 2.35. The highest BCUT2D eigenvalue weighted by atomic mass is 19.4. The number of nitrogens with one attached hydrogen (secondary N) is 1. The predicted molar refractivity (Wildman–Crippen MR) is 159 cm³/mol. The number of piperazine rings is 1. The zero-order valence-electron chi connectivity index (χ0n) is 24.4. The Bertz CT molecular complexity index is 1620. The fraction of sp³-hybridized carbons (Fsp3) is 0.344. The first-order valence-corrected chi connectivity index (χ1v) is 14.1. The number of aromatic nitrogens is 2. The van der Waals surface area contributed by atoms with Gasteiger partial charge in [0.05, 0.1) is 11.6 Å². The topological polar surface area (TPSA) is 103 Å². The minimum absolute atomic E-state index is 0.00614. The number of amides is 1. The predicted octanol–water partition coefficient (Wildman–Crippen LogP) is 6.09. The van der Waals surface area contributed by atoms with Crippen molar-refractivity contribution in [3.05, 3.63) is 77.6 Å². The molecule has 11 heteroatoms. The second-order valence-electron chi connectivity index (χ2n) is 11.2. The Kier molecular flexibility index (Phi) is 8.45. The second kappa shape index (κ2) is 12.1. The molecular weight excluding hydrogens is 559 g/mol. The van der Waals surface area contributed by atoms with Gasteiger partial charge in [-0.05, 0) is 69.2 Å². The van der Waals surface area contributed by atoms with Crippen LogP contribution in [0.4, 0.5) is 19.0 Å². The Morgan fingerprint density at radius 3 is 2.37 bits per heavy atom.